The highest BCUT2D eigenvalue weighted by atomic mass is 79.9. The third-order valence-corrected chi connectivity index (χ3v) is 3.89. The van der Waals surface area contributed by atoms with Gasteiger partial charge in [-0.1, -0.05) is 34.1 Å². The van der Waals surface area contributed by atoms with Crippen LogP contribution in [0.2, 0.25) is 0 Å². The SMILES string of the molecule is Fc1cc(Br)cc(F)c1NCCSc1ccccc1. The molecule has 0 aromatic heterocycles. The van der Waals surface area contributed by atoms with Crippen molar-refractivity contribution in [2.75, 3.05) is 17.6 Å². The van der Waals surface area contributed by atoms with E-state index in [9.17, 15) is 8.78 Å². The van der Waals surface area contributed by atoms with Crippen LogP contribution >= 0.6 is 27.7 Å². The monoisotopic (exact) mass is 343 g/mol. The van der Waals surface area contributed by atoms with Gasteiger partial charge in [-0.2, -0.15) is 0 Å². The standard InChI is InChI=1S/C14H12BrF2NS/c15-10-8-12(16)14(13(17)9-10)18-6-7-19-11-4-2-1-3-5-11/h1-5,8-9,18H,6-7H2. The Kier molecular flexibility index (Phi) is 5.22. The molecule has 0 saturated heterocycles. The zero-order chi connectivity index (χ0) is 13.7. The van der Waals surface area contributed by atoms with Crippen molar-refractivity contribution in [1.82, 2.24) is 0 Å². The molecular formula is C14H12BrF2NS. The lowest BCUT2D eigenvalue weighted by atomic mass is 10.3. The Morgan fingerprint density at radius 3 is 2.32 bits per heavy atom. The third kappa shape index (κ3) is 4.21. The van der Waals surface area contributed by atoms with Gasteiger partial charge < -0.3 is 5.32 Å². The molecule has 0 aliphatic rings. The number of hydrogen-bond donors (Lipinski definition) is 1. The first-order chi connectivity index (χ1) is 9.16. The van der Waals surface area contributed by atoms with Gasteiger partial charge in [-0.25, -0.2) is 8.78 Å². The second kappa shape index (κ2) is 6.91. The van der Waals surface area contributed by atoms with E-state index in [0.717, 1.165) is 10.6 Å². The summed E-state index contributed by atoms with van der Waals surface area (Å²) in [6.07, 6.45) is 0. The van der Waals surface area contributed by atoms with Crippen LogP contribution in [0.15, 0.2) is 51.8 Å². The molecule has 0 unspecified atom stereocenters. The second-order valence-electron chi connectivity index (χ2n) is 3.83. The summed E-state index contributed by atoms with van der Waals surface area (Å²) in [7, 11) is 0. The molecule has 0 aliphatic heterocycles. The van der Waals surface area contributed by atoms with E-state index in [4.69, 9.17) is 0 Å². The van der Waals surface area contributed by atoms with Crippen LogP contribution < -0.4 is 5.32 Å². The molecule has 0 radical (unpaired) electrons. The molecule has 0 saturated carbocycles. The van der Waals surface area contributed by atoms with Crippen molar-refractivity contribution in [2.45, 2.75) is 4.90 Å². The van der Waals surface area contributed by atoms with Crippen LogP contribution in [0, 0.1) is 11.6 Å². The van der Waals surface area contributed by atoms with E-state index in [1.54, 1.807) is 11.8 Å². The number of hydrogen-bond acceptors (Lipinski definition) is 2. The maximum atomic E-state index is 13.5. The summed E-state index contributed by atoms with van der Waals surface area (Å²) in [5.74, 6) is -0.438. The highest BCUT2D eigenvalue weighted by molar-refractivity contribution is 9.10. The summed E-state index contributed by atoms with van der Waals surface area (Å²) < 4.78 is 27.4. The van der Waals surface area contributed by atoms with E-state index in [2.05, 4.69) is 21.2 Å². The van der Waals surface area contributed by atoms with Gasteiger partial charge in [0.25, 0.3) is 0 Å². The highest BCUT2D eigenvalue weighted by Gasteiger charge is 2.09. The van der Waals surface area contributed by atoms with Gasteiger partial charge in [-0.3, -0.25) is 0 Å². The summed E-state index contributed by atoms with van der Waals surface area (Å²) in [5.41, 5.74) is -0.0724. The molecule has 0 aliphatic carbocycles. The number of nitrogens with one attached hydrogen (secondary N) is 1. The summed E-state index contributed by atoms with van der Waals surface area (Å²) in [4.78, 5) is 1.14. The van der Waals surface area contributed by atoms with Crippen LogP contribution in [-0.2, 0) is 0 Å². The number of anilines is 1. The Labute approximate surface area is 123 Å². The van der Waals surface area contributed by atoms with Crippen molar-refractivity contribution in [3.8, 4) is 0 Å². The van der Waals surface area contributed by atoms with E-state index < -0.39 is 11.6 Å². The van der Waals surface area contributed by atoms with Crippen LogP contribution in [0.3, 0.4) is 0 Å². The molecule has 1 nitrogen and oxygen atoms in total. The fourth-order valence-electron chi connectivity index (χ4n) is 1.57. The van der Waals surface area contributed by atoms with Crippen molar-refractivity contribution in [2.24, 2.45) is 0 Å². The summed E-state index contributed by atoms with van der Waals surface area (Å²) in [6.45, 7) is 0.495. The molecule has 2 rings (SSSR count). The van der Waals surface area contributed by atoms with E-state index in [1.165, 1.54) is 12.1 Å². The van der Waals surface area contributed by atoms with Crippen LogP contribution in [0.4, 0.5) is 14.5 Å². The highest BCUT2D eigenvalue weighted by Crippen LogP contribution is 2.24. The van der Waals surface area contributed by atoms with Crippen LogP contribution in [0.5, 0.6) is 0 Å². The van der Waals surface area contributed by atoms with Crippen LogP contribution in [0.1, 0.15) is 0 Å². The molecule has 1 N–H and O–H groups in total. The molecule has 0 fully saturated rings. The number of halogens is 3. The molecule has 0 spiro atoms. The smallest absolute Gasteiger partial charge is 0.150 e. The van der Waals surface area contributed by atoms with E-state index >= 15 is 0 Å². The zero-order valence-electron chi connectivity index (χ0n) is 10.00. The topological polar surface area (TPSA) is 12.0 Å². The quantitative estimate of drug-likeness (QED) is 0.610. The summed E-state index contributed by atoms with van der Waals surface area (Å²) >= 11 is 4.69. The maximum Gasteiger partial charge on any atom is 0.150 e. The molecular weight excluding hydrogens is 332 g/mol. The molecule has 100 valence electrons. The molecule has 0 atom stereocenters. The molecule has 0 amide bonds. The van der Waals surface area contributed by atoms with Gasteiger partial charge in [-0.05, 0) is 24.3 Å². The predicted octanol–water partition coefficient (Wildman–Crippen LogP) is 4.93. The van der Waals surface area contributed by atoms with Gasteiger partial charge >= 0.3 is 0 Å². The largest absolute Gasteiger partial charge is 0.379 e. The first-order valence-corrected chi connectivity index (χ1v) is 7.51. The minimum absolute atomic E-state index is 0.0724. The fourth-order valence-corrected chi connectivity index (χ4v) is 2.76. The molecule has 19 heavy (non-hydrogen) atoms. The van der Waals surface area contributed by atoms with Gasteiger partial charge in [0.1, 0.15) is 17.3 Å². The Hall–Kier alpha value is -1.07. The van der Waals surface area contributed by atoms with E-state index in [-0.39, 0.29) is 5.69 Å². The van der Waals surface area contributed by atoms with Gasteiger partial charge in [0, 0.05) is 21.7 Å². The lowest BCUT2D eigenvalue weighted by Crippen LogP contribution is -2.07. The van der Waals surface area contributed by atoms with Gasteiger partial charge in [0.05, 0.1) is 0 Å². The average Bonchev–Trinajstić information content (AvgIpc) is 2.38. The van der Waals surface area contributed by atoms with Gasteiger partial charge in [-0.15, -0.1) is 11.8 Å². The second-order valence-corrected chi connectivity index (χ2v) is 5.92. The van der Waals surface area contributed by atoms with Crippen LogP contribution in [0.25, 0.3) is 0 Å². The number of thioether (sulfide) groups is 1. The van der Waals surface area contributed by atoms with Crippen molar-refractivity contribution >= 4 is 33.4 Å². The molecule has 0 bridgehead atoms. The van der Waals surface area contributed by atoms with Crippen molar-refractivity contribution in [3.05, 3.63) is 58.6 Å². The minimum atomic E-state index is -0.586. The normalized spacial score (nSPS) is 10.5. The van der Waals surface area contributed by atoms with Crippen LogP contribution in [-0.4, -0.2) is 12.3 Å². The molecule has 2 aromatic carbocycles. The van der Waals surface area contributed by atoms with Crippen molar-refractivity contribution in [3.63, 3.8) is 0 Å². The fraction of sp³-hybridized carbons (Fsp3) is 0.143. The van der Waals surface area contributed by atoms with Crippen molar-refractivity contribution < 1.29 is 8.78 Å². The van der Waals surface area contributed by atoms with Gasteiger partial charge in [0.2, 0.25) is 0 Å². The zero-order valence-corrected chi connectivity index (χ0v) is 12.4. The molecule has 0 heterocycles. The van der Waals surface area contributed by atoms with E-state index in [0.29, 0.717) is 11.0 Å². The lowest BCUT2D eigenvalue weighted by molar-refractivity contribution is 0.587. The Bertz CT molecular complexity index is 525. The lowest BCUT2D eigenvalue weighted by Gasteiger charge is -2.09. The first-order valence-electron chi connectivity index (χ1n) is 5.73. The first kappa shape index (κ1) is 14.3. The number of rotatable bonds is 5. The Morgan fingerprint density at radius 2 is 1.68 bits per heavy atom. The Morgan fingerprint density at radius 1 is 1.05 bits per heavy atom. The summed E-state index contributed by atoms with van der Waals surface area (Å²) in [6, 6.07) is 12.4. The minimum Gasteiger partial charge on any atom is -0.379 e. The maximum absolute atomic E-state index is 13.5. The summed E-state index contributed by atoms with van der Waals surface area (Å²) in [5, 5.41) is 2.79. The number of benzene rings is 2. The molecule has 5 heteroatoms. The Balaban J connectivity index is 1.86. The predicted molar refractivity (Wildman–Crippen MR) is 79.7 cm³/mol. The molecule has 2 aromatic rings. The van der Waals surface area contributed by atoms with Crippen molar-refractivity contribution in [1.29, 1.82) is 0 Å². The van der Waals surface area contributed by atoms with Gasteiger partial charge in [0.15, 0.2) is 0 Å². The van der Waals surface area contributed by atoms with E-state index in [1.807, 2.05) is 30.3 Å². The average molecular weight is 344 g/mol. The third-order valence-electron chi connectivity index (χ3n) is 2.42.